The van der Waals surface area contributed by atoms with E-state index in [4.69, 9.17) is 9.72 Å². The maximum atomic E-state index is 13.9. The second kappa shape index (κ2) is 9.14. The maximum absolute atomic E-state index is 13.9. The average molecular weight is 454 g/mol. The lowest BCUT2D eigenvalue weighted by Gasteiger charge is -2.38. The van der Waals surface area contributed by atoms with Crippen LogP contribution in [0.3, 0.4) is 0 Å². The van der Waals surface area contributed by atoms with Crippen molar-refractivity contribution in [2.75, 3.05) is 18.1 Å². The summed E-state index contributed by atoms with van der Waals surface area (Å²) in [5, 5.41) is 0. The molecule has 4 aromatic rings. The second-order valence-corrected chi connectivity index (χ2v) is 8.58. The number of carbonyl (C=O) groups excluding carboxylic acids is 2. The number of hydrogen-bond acceptors (Lipinski definition) is 4. The quantitative estimate of drug-likeness (QED) is 0.314. The summed E-state index contributed by atoms with van der Waals surface area (Å²) < 4.78 is 7.46. The van der Waals surface area contributed by atoms with Gasteiger partial charge in [0.2, 0.25) is 11.9 Å². The van der Waals surface area contributed by atoms with Crippen LogP contribution in [0, 0.1) is 12.8 Å². The van der Waals surface area contributed by atoms with Crippen LogP contribution < -0.4 is 4.90 Å². The molecule has 1 aliphatic rings. The van der Waals surface area contributed by atoms with Crippen molar-refractivity contribution in [1.82, 2.24) is 9.55 Å². The molecule has 0 aliphatic carbocycles. The normalized spacial score (nSPS) is 17.6. The Morgan fingerprint density at radius 3 is 2.41 bits per heavy atom. The molecule has 0 spiro atoms. The number of rotatable bonds is 6. The van der Waals surface area contributed by atoms with Crippen LogP contribution in [-0.4, -0.2) is 34.6 Å². The fraction of sp³-hybridized carbons (Fsp3) is 0.250. The maximum Gasteiger partial charge on any atom is 0.321 e. The van der Waals surface area contributed by atoms with E-state index in [0.29, 0.717) is 18.9 Å². The number of amides is 1. The number of ether oxygens (including phenoxy) is 1. The Balaban J connectivity index is 1.68. The van der Waals surface area contributed by atoms with Gasteiger partial charge in [0.05, 0.1) is 23.7 Å². The highest BCUT2D eigenvalue weighted by Gasteiger charge is 2.47. The van der Waals surface area contributed by atoms with Gasteiger partial charge in [-0.1, -0.05) is 72.3 Å². The van der Waals surface area contributed by atoms with Crippen molar-refractivity contribution < 1.29 is 14.3 Å². The first-order chi connectivity index (χ1) is 16.6. The molecule has 6 heteroatoms. The van der Waals surface area contributed by atoms with E-state index < -0.39 is 17.9 Å². The van der Waals surface area contributed by atoms with Crippen molar-refractivity contribution in [3.63, 3.8) is 0 Å². The van der Waals surface area contributed by atoms with Crippen LogP contribution in [-0.2, 0) is 20.7 Å². The zero-order valence-corrected chi connectivity index (χ0v) is 19.3. The highest BCUT2D eigenvalue weighted by molar-refractivity contribution is 6.08. The molecular formula is C28H27N3O3. The number of aryl methyl sites for hydroxylation is 1. The minimum atomic E-state index is -0.997. The van der Waals surface area contributed by atoms with E-state index in [1.54, 1.807) is 11.8 Å². The average Bonchev–Trinajstić information content (AvgIpc) is 3.23. The zero-order chi connectivity index (χ0) is 23.7. The summed E-state index contributed by atoms with van der Waals surface area (Å²) in [7, 11) is 0. The van der Waals surface area contributed by atoms with Gasteiger partial charge < -0.3 is 9.30 Å². The van der Waals surface area contributed by atoms with Crippen molar-refractivity contribution in [1.29, 1.82) is 0 Å². The van der Waals surface area contributed by atoms with E-state index in [0.717, 1.165) is 27.7 Å². The number of hydrogen-bond donors (Lipinski definition) is 0. The fourth-order valence-corrected chi connectivity index (χ4v) is 4.71. The number of aromatic nitrogens is 2. The van der Waals surface area contributed by atoms with E-state index in [2.05, 4.69) is 0 Å². The SMILES string of the molecule is CCOC(=O)[C@@H]1C(=O)N(CCc2ccccc2)c2nc3ccccc3n2[C@@H]1c1ccc(C)cc1. The molecule has 1 aromatic heterocycles. The highest BCUT2D eigenvalue weighted by Crippen LogP contribution is 2.41. The van der Waals surface area contributed by atoms with Crippen molar-refractivity contribution in [3.8, 4) is 0 Å². The lowest BCUT2D eigenvalue weighted by molar-refractivity contribution is -0.153. The summed E-state index contributed by atoms with van der Waals surface area (Å²) in [5.74, 6) is -1.22. The molecule has 0 unspecified atom stereocenters. The van der Waals surface area contributed by atoms with Gasteiger partial charge in [-0.05, 0) is 43.5 Å². The van der Waals surface area contributed by atoms with E-state index in [1.165, 1.54) is 0 Å². The molecule has 6 nitrogen and oxygen atoms in total. The molecule has 0 radical (unpaired) electrons. The number of imidazole rings is 1. The van der Waals surface area contributed by atoms with Crippen LogP contribution >= 0.6 is 0 Å². The summed E-state index contributed by atoms with van der Waals surface area (Å²) in [6.45, 7) is 4.41. The predicted octanol–water partition coefficient (Wildman–Crippen LogP) is 4.70. The third-order valence-corrected chi connectivity index (χ3v) is 6.37. The Bertz CT molecular complexity index is 1330. The van der Waals surface area contributed by atoms with Gasteiger partial charge in [-0.3, -0.25) is 14.5 Å². The summed E-state index contributed by atoms with van der Waals surface area (Å²) in [5.41, 5.74) is 4.78. The van der Waals surface area contributed by atoms with Crippen LogP contribution in [0.2, 0.25) is 0 Å². The first-order valence-corrected chi connectivity index (χ1v) is 11.6. The Morgan fingerprint density at radius 1 is 0.971 bits per heavy atom. The minimum absolute atomic E-state index is 0.213. The highest BCUT2D eigenvalue weighted by atomic mass is 16.5. The Kier molecular flexibility index (Phi) is 5.88. The third kappa shape index (κ3) is 3.85. The summed E-state index contributed by atoms with van der Waals surface area (Å²) in [6, 6.07) is 25.3. The number of esters is 1. The van der Waals surface area contributed by atoms with E-state index in [1.807, 2.05) is 90.4 Å². The topological polar surface area (TPSA) is 64.4 Å². The standard InChI is InChI=1S/C28H27N3O3/c1-3-34-27(33)24-25(21-15-13-19(2)14-16-21)31-23-12-8-7-11-22(23)29-28(31)30(26(24)32)18-17-20-9-5-4-6-10-20/h4-16,24-25H,3,17-18H2,1-2H3/t24-,25+/m0/s1. The van der Waals surface area contributed by atoms with Gasteiger partial charge in [0.1, 0.15) is 0 Å². The zero-order valence-electron chi connectivity index (χ0n) is 19.3. The van der Waals surface area contributed by atoms with Crippen LogP contribution in [0.1, 0.15) is 29.7 Å². The van der Waals surface area contributed by atoms with E-state index >= 15 is 0 Å². The Hall–Kier alpha value is -3.93. The molecule has 0 N–H and O–H groups in total. The second-order valence-electron chi connectivity index (χ2n) is 8.58. The van der Waals surface area contributed by atoms with Gasteiger partial charge in [-0.2, -0.15) is 0 Å². The van der Waals surface area contributed by atoms with Crippen molar-refractivity contribution in [2.24, 2.45) is 5.92 Å². The smallest absolute Gasteiger partial charge is 0.321 e. The van der Waals surface area contributed by atoms with E-state index in [-0.39, 0.29) is 12.5 Å². The van der Waals surface area contributed by atoms with Crippen LogP contribution in [0.15, 0.2) is 78.9 Å². The van der Waals surface area contributed by atoms with Gasteiger partial charge in [0, 0.05) is 6.54 Å². The third-order valence-electron chi connectivity index (χ3n) is 6.37. The molecule has 0 saturated carbocycles. The van der Waals surface area contributed by atoms with Crippen molar-refractivity contribution in [3.05, 3.63) is 95.6 Å². The van der Waals surface area contributed by atoms with Crippen LogP contribution in [0.25, 0.3) is 11.0 Å². The molecular weight excluding hydrogens is 426 g/mol. The monoisotopic (exact) mass is 453 g/mol. The van der Waals surface area contributed by atoms with E-state index in [9.17, 15) is 9.59 Å². The molecule has 0 bridgehead atoms. The lowest BCUT2D eigenvalue weighted by Crippen LogP contribution is -2.50. The molecule has 172 valence electrons. The molecule has 3 aromatic carbocycles. The minimum Gasteiger partial charge on any atom is -0.465 e. The summed E-state index contributed by atoms with van der Waals surface area (Å²) in [6.07, 6.45) is 0.653. The predicted molar refractivity (Wildman–Crippen MR) is 132 cm³/mol. The Labute approximate surface area is 198 Å². The molecule has 2 atom stereocenters. The molecule has 5 rings (SSSR count). The number of nitrogens with zero attached hydrogens (tertiary/aromatic N) is 3. The number of para-hydroxylation sites is 2. The van der Waals surface area contributed by atoms with Gasteiger partial charge in [-0.15, -0.1) is 0 Å². The molecule has 1 aliphatic heterocycles. The number of carbonyl (C=O) groups is 2. The van der Waals surface area contributed by atoms with Gasteiger partial charge >= 0.3 is 5.97 Å². The molecule has 0 fully saturated rings. The molecule has 0 saturated heterocycles. The van der Waals surface area contributed by atoms with Gasteiger partial charge in [-0.25, -0.2) is 4.98 Å². The van der Waals surface area contributed by atoms with Gasteiger partial charge in [0.25, 0.3) is 0 Å². The largest absolute Gasteiger partial charge is 0.465 e. The van der Waals surface area contributed by atoms with Crippen LogP contribution in [0.4, 0.5) is 5.95 Å². The number of benzene rings is 3. The van der Waals surface area contributed by atoms with Crippen molar-refractivity contribution in [2.45, 2.75) is 26.3 Å². The number of fused-ring (bicyclic) bond motifs is 3. The van der Waals surface area contributed by atoms with Crippen LogP contribution in [0.5, 0.6) is 0 Å². The molecule has 2 heterocycles. The molecule has 34 heavy (non-hydrogen) atoms. The summed E-state index contributed by atoms with van der Waals surface area (Å²) >= 11 is 0. The Morgan fingerprint density at radius 2 is 1.68 bits per heavy atom. The fourth-order valence-electron chi connectivity index (χ4n) is 4.71. The lowest BCUT2D eigenvalue weighted by atomic mass is 9.89. The first-order valence-electron chi connectivity index (χ1n) is 11.6. The number of anilines is 1. The van der Waals surface area contributed by atoms with Gasteiger partial charge in [0.15, 0.2) is 5.92 Å². The molecule has 1 amide bonds. The summed E-state index contributed by atoms with van der Waals surface area (Å²) in [4.78, 5) is 33.7. The van der Waals surface area contributed by atoms with Crippen molar-refractivity contribution >= 4 is 28.9 Å². The first kappa shape index (κ1) is 21.9.